The summed E-state index contributed by atoms with van der Waals surface area (Å²) in [6, 6.07) is 10.7. The summed E-state index contributed by atoms with van der Waals surface area (Å²) in [5.74, 6) is 0.960. The van der Waals surface area contributed by atoms with Gasteiger partial charge in [-0.25, -0.2) is 0 Å². The van der Waals surface area contributed by atoms with E-state index in [1.54, 1.807) is 26.4 Å². The highest BCUT2D eigenvalue weighted by Gasteiger charge is 2.41. The summed E-state index contributed by atoms with van der Waals surface area (Å²) in [5, 5.41) is 3.23. The van der Waals surface area contributed by atoms with Crippen LogP contribution in [0.4, 0.5) is 0 Å². The van der Waals surface area contributed by atoms with Crippen LogP contribution in [-0.4, -0.2) is 48.1 Å². The molecule has 3 heterocycles. The minimum atomic E-state index is -0.0964. The van der Waals surface area contributed by atoms with Gasteiger partial charge in [0.15, 0.2) is 11.5 Å². The van der Waals surface area contributed by atoms with E-state index in [9.17, 15) is 4.79 Å². The van der Waals surface area contributed by atoms with Crippen molar-refractivity contribution in [3.05, 3.63) is 53.9 Å². The van der Waals surface area contributed by atoms with E-state index in [4.69, 9.17) is 9.47 Å². The van der Waals surface area contributed by atoms with Crippen LogP contribution < -0.4 is 14.8 Å². The van der Waals surface area contributed by atoms with Crippen molar-refractivity contribution in [3.63, 3.8) is 0 Å². The first-order valence-electron chi connectivity index (χ1n) is 9.86. The van der Waals surface area contributed by atoms with Crippen LogP contribution in [0.15, 0.2) is 42.7 Å². The standard InChI is InChI=1S/C22H27N3O3.2ClH/c1-27-20-7-3-6-19(21(20)28-2)22(26)24-16-11-17-8-9-18(12-16)25(17)14-15-5-4-10-23-13-15;;/h3-7,10,13,16-18H,8-9,11-12,14H2,1-2H3,(H,24,26);2*1H/t16?,17-,18+;;. The van der Waals surface area contributed by atoms with Crippen molar-refractivity contribution in [2.24, 2.45) is 0 Å². The molecule has 0 spiro atoms. The van der Waals surface area contributed by atoms with E-state index < -0.39 is 0 Å². The first-order chi connectivity index (χ1) is 13.7. The van der Waals surface area contributed by atoms with Gasteiger partial charge in [0.1, 0.15) is 0 Å². The van der Waals surface area contributed by atoms with Gasteiger partial charge in [0.25, 0.3) is 5.91 Å². The highest BCUT2D eigenvalue weighted by molar-refractivity contribution is 5.98. The van der Waals surface area contributed by atoms with Crippen LogP contribution >= 0.6 is 24.8 Å². The lowest BCUT2D eigenvalue weighted by Crippen LogP contribution is -2.50. The number of hydrogen-bond donors (Lipinski definition) is 1. The zero-order valence-corrected chi connectivity index (χ0v) is 18.9. The lowest BCUT2D eigenvalue weighted by atomic mass is 9.96. The summed E-state index contributed by atoms with van der Waals surface area (Å²) in [6.07, 6.45) is 8.11. The minimum absolute atomic E-state index is 0. The summed E-state index contributed by atoms with van der Waals surface area (Å²) in [4.78, 5) is 19.7. The van der Waals surface area contributed by atoms with E-state index in [1.165, 1.54) is 18.4 Å². The molecule has 8 heteroatoms. The SMILES string of the molecule is COc1cccc(C(=O)NC2C[C@H]3CC[C@@H](C2)N3Cc2cccnc2)c1OC.Cl.Cl. The molecule has 2 aliphatic rings. The Balaban J connectivity index is 0.00000160. The van der Waals surface area contributed by atoms with E-state index in [2.05, 4.69) is 21.3 Å². The Morgan fingerprint density at radius 2 is 1.83 bits per heavy atom. The number of halogens is 2. The number of carbonyl (C=O) groups is 1. The second-order valence-electron chi connectivity index (χ2n) is 7.60. The van der Waals surface area contributed by atoms with Gasteiger partial charge in [0.2, 0.25) is 0 Å². The highest BCUT2D eigenvalue weighted by Crippen LogP contribution is 2.37. The molecule has 4 rings (SSSR count). The summed E-state index contributed by atoms with van der Waals surface area (Å²) < 4.78 is 10.7. The number of fused-ring (bicyclic) bond motifs is 2. The molecule has 2 bridgehead atoms. The average molecular weight is 454 g/mol. The van der Waals surface area contributed by atoms with Gasteiger partial charge >= 0.3 is 0 Å². The van der Waals surface area contributed by atoms with Gasteiger partial charge in [-0.3, -0.25) is 14.7 Å². The molecular formula is C22H29Cl2N3O3. The van der Waals surface area contributed by atoms with Crippen molar-refractivity contribution in [1.29, 1.82) is 0 Å². The fraction of sp³-hybridized carbons (Fsp3) is 0.455. The molecule has 1 unspecified atom stereocenters. The molecule has 3 atom stereocenters. The summed E-state index contributed by atoms with van der Waals surface area (Å²) in [6.45, 7) is 0.938. The van der Waals surface area contributed by atoms with Crippen molar-refractivity contribution in [3.8, 4) is 11.5 Å². The number of methoxy groups -OCH3 is 2. The molecule has 30 heavy (non-hydrogen) atoms. The molecule has 6 nitrogen and oxygen atoms in total. The van der Waals surface area contributed by atoms with Crippen LogP contribution in [-0.2, 0) is 6.54 Å². The molecule has 0 aliphatic carbocycles. The highest BCUT2D eigenvalue weighted by atomic mass is 35.5. The lowest BCUT2D eigenvalue weighted by Gasteiger charge is -2.39. The molecule has 2 aliphatic heterocycles. The average Bonchev–Trinajstić information content (AvgIpc) is 2.96. The number of amides is 1. The number of nitrogens with zero attached hydrogens (tertiary/aromatic N) is 2. The third-order valence-electron chi connectivity index (χ3n) is 5.96. The van der Waals surface area contributed by atoms with Crippen LogP contribution in [0.1, 0.15) is 41.6 Å². The topological polar surface area (TPSA) is 63.7 Å². The molecule has 0 radical (unpaired) electrons. The first kappa shape index (κ1) is 24.3. The van der Waals surface area contributed by atoms with Crippen LogP contribution in [0, 0.1) is 0 Å². The quantitative estimate of drug-likeness (QED) is 0.718. The largest absolute Gasteiger partial charge is 0.493 e. The van der Waals surface area contributed by atoms with E-state index >= 15 is 0 Å². The van der Waals surface area contributed by atoms with Gasteiger partial charge in [-0.05, 0) is 49.4 Å². The molecule has 0 saturated carbocycles. The predicted molar refractivity (Wildman–Crippen MR) is 121 cm³/mol. The number of aromatic nitrogens is 1. The zero-order chi connectivity index (χ0) is 19.5. The van der Waals surface area contributed by atoms with Crippen LogP contribution in [0.25, 0.3) is 0 Å². The number of piperidine rings is 1. The van der Waals surface area contributed by atoms with E-state index in [1.807, 2.05) is 24.5 Å². The predicted octanol–water partition coefficient (Wildman–Crippen LogP) is 3.87. The Hall–Kier alpha value is -2.02. The molecule has 2 aromatic rings. The van der Waals surface area contributed by atoms with E-state index in [0.717, 1.165) is 19.4 Å². The number of hydrogen-bond acceptors (Lipinski definition) is 5. The van der Waals surface area contributed by atoms with Crippen molar-refractivity contribution >= 4 is 30.7 Å². The summed E-state index contributed by atoms with van der Waals surface area (Å²) in [7, 11) is 3.14. The van der Waals surface area contributed by atoms with E-state index in [0.29, 0.717) is 29.1 Å². The van der Waals surface area contributed by atoms with Gasteiger partial charge in [0, 0.05) is 37.1 Å². The maximum Gasteiger partial charge on any atom is 0.255 e. The molecule has 1 aromatic heterocycles. The smallest absolute Gasteiger partial charge is 0.255 e. The van der Waals surface area contributed by atoms with E-state index in [-0.39, 0.29) is 36.8 Å². The van der Waals surface area contributed by atoms with Gasteiger partial charge in [0.05, 0.1) is 19.8 Å². The minimum Gasteiger partial charge on any atom is -0.493 e. The zero-order valence-electron chi connectivity index (χ0n) is 17.2. The second kappa shape index (κ2) is 10.8. The molecule has 2 saturated heterocycles. The van der Waals surface area contributed by atoms with Crippen molar-refractivity contribution < 1.29 is 14.3 Å². The van der Waals surface area contributed by atoms with Crippen LogP contribution in [0.2, 0.25) is 0 Å². The van der Waals surface area contributed by atoms with Crippen molar-refractivity contribution in [1.82, 2.24) is 15.2 Å². The number of pyridine rings is 1. The third kappa shape index (κ3) is 4.99. The van der Waals surface area contributed by atoms with Gasteiger partial charge < -0.3 is 14.8 Å². The Morgan fingerprint density at radius 3 is 2.43 bits per heavy atom. The third-order valence-corrected chi connectivity index (χ3v) is 5.96. The number of nitrogens with one attached hydrogen (secondary N) is 1. The summed E-state index contributed by atoms with van der Waals surface area (Å²) >= 11 is 0. The Labute approximate surface area is 190 Å². The molecule has 2 fully saturated rings. The monoisotopic (exact) mass is 453 g/mol. The maximum atomic E-state index is 12.9. The Bertz CT molecular complexity index is 824. The van der Waals surface area contributed by atoms with Crippen LogP contribution in [0.3, 0.4) is 0 Å². The fourth-order valence-electron chi connectivity index (χ4n) is 4.68. The second-order valence-corrected chi connectivity index (χ2v) is 7.60. The van der Waals surface area contributed by atoms with Gasteiger partial charge in [-0.1, -0.05) is 12.1 Å². The molecule has 164 valence electrons. The van der Waals surface area contributed by atoms with Crippen LogP contribution in [0.5, 0.6) is 11.5 Å². The number of rotatable bonds is 6. The number of ether oxygens (including phenoxy) is 2. The van der Waals surface area contributed by atoms with Crippen molar-refractivity contribution in [2.45, 2.75) is 50.4 Å². The maximum absolute atomic E-state index is 12.9. The fourth-order valence-corrected chi connectivity index (χ4v) is 4.68. The number of carbonyl (C=O) groups excluding carboxylic acids is 1. The Morgan fingerprint density at radius 1 is 1.10 bits per heavy atom. The van der Waals surface area contributed by atoms with Gasteiger partial charge in [-0.15, -0.1) is 24.8 Å². The number of benzene rings is 1. The summed E-state index contributed by atoms with van der Waals surface area (Å²) in [5.41, 5.74) is 1.77. The normalized spacial score (nSPS) is 22.4. The lowest BCUT2D eigenvalue weighted by molar-refractivity contribution is 0.0824. The molecular weight excluding hydrogens is 425 g/mol. The Kier molecular flexibility index (Phi) is 8.77. The van der Waals surface area contributed by atoms with Crippen molar-refractivity contribution in [2.75, 3.05) is 14.2 Å². The first-order valence-corrected chi connectivity index (χ1v) is 9.86. The number of para-hydroxylation sites is 1. The molecule has 1 aromatic carbocycles. The molecule has 1 N–H and O–H groups in total. The van der Waals surface area contributed by atoms with Gasteiger partial charge in [-0.2, -0.15) is 0 Å². The molecule has 1 amide bonds.